The van der Waals surface area contributed by atoms with Gasteiger partial charge in [0.1, 0.15) is 30.2 Å². The molecule has 1 amide bonds. The number of aromatic amines is 1. The Bertz CT molecular complexity index is 1220. The number of hydrogen-bond donors (Lipinski definition) is 4. The zero-order chi connectivity index (χ0) is 26.1. The minimum absolute atomic E-state index is 0.0615. The van der Waals surface area contributed by atoms with E-state index in [4.69, 9.17) is 25.7 Å². The van der Waals surface area contributed by atoms with Crippen molar-refractivity contribution in [1.82, 2.24) is 4.98 Å². The topological polar surface area (TPSA) is 181 Å². The van der Waals surface area contributed by atoms with Crippen molar-refractivity contribution < 1.29 is 28.5 Å². The summed E-state index contributed by atoms with van der Waals surface area (Å²) < 4.78 is 30.9. The van der Waals surface area contributed by atoms with Crippen LogP contribution in [0.15, 0.2) is 46.4 Å². The third-order valence-corrected chi connectivity index (χ3v) is 6.01. The molecule has 2 saturated heterocycles. The summed E-state index contributed by atoms with van der Waals surface area (Å²) in [6, 6.07) is 9.92. The average Bonchev–Trinajstić information content (AvgIpc) is 3.53. The van der Waals surface area contributed by atoms with E-state index in [1.165, 1.54) is 24.3 Å². The van der Waals surface area contributed by atoms with Gasteiger partial charge in [-0.25, -0.2) is 9.38 Å². The van der Waals surface area contributed by atoms with Crippen molar-refractivity contribution >= 4 is 18.1 Å². The van der Waals surface area contributed by atoms with Gasteiger partial charge in [0, 0.05) is 0 Å². The van der Waals surface area contributed by atoms with Crippen molar-refractivity contribution in [2.75, 3.05) is 6.61 Å². The first-order valence-electron chi connectivity index (χ1n) is 11.2. The number of rotatable bonds is 6. The number of carbonyl (C=O) groups is 1. The maximum absolute atomic E-state index is 13.1. The quantitative estimate of drug-likeness (QED) is 0.330. The number of H-pyrrole nitrogens is 1. The Morgan fingerprint density at radius 3 is 2.64 bits per heavy atom. The molecule has 2 aromatic rings. The molecule has 2 aliphatic heterocycles. The zero-order valence-corrected chi connectivity index (χ0v) is 19.7. The number of hydrogen-bond acceptors (Lipinski definition) is 7. The number of nitrogens with zero attached hydrogens (tertiary/aromatic N) is 3. The van der Waals surface area contributed by atoms with Crippen LogP contribution in [0.2, 0.25) is 0 Å². The van der Waals surface area contributed by atoms with Crippen LogP contribution in [-0.4, -0.2) is 64.9 Å². The average molecular weight is 499 g/mol. The number of nitriles is 1. The van der Waals surface area contributed by atoms with Crippen molar-refractivity contribution in [2.45, 2.75) is 56.0 Å². The predicted molar refractivity (Wildman–Crippen MR) is 126 cm³/mol. The predicted octanol–water partition coefficient (Wildman–Crippen LogP) is 0.614. The molecule has 3 heterocycles. The largest absolute Gasteiger partial charge is 0.394 e. The summed E-state index contributed by atoms with van der Waals surface area (Å²) in [7, 11) is 0. The van der Waals surface area contributed by atoms with Gasteiger partial charge in [-0.1, -0.05) is 12.1 Å². The Balaban J connectivity index is 1.60. The zero-order valence-electron chi connectivity index (χ0n) is 19.7. The normalized spacial score (nSPS) is 28.2. The van der Waals surface area contributed by atoms with Gasteiger partial charge in [-0.05, 0) is 50.1 Å². The fraction of sp³-hybridized carbons (Fsp3) is 0.417. The second-order valence-corrected chi connectivity index (χ2v) is 8.98. The Labute approximate surface area is 206 Å². The molecule has 5 atom stereocenters. The number of nitrogens with two attached hydrogens (primary N) is 2. The molecule has 0 spiro atoms. The molecule has 12 heteroatoms. The number of aliphatic hydroxyl groups is 1. The third kappa shape index (κ3) is 4.79. The van der Waals surface area contributed by atoms with Crippen LogP contribution in [0.1, 0.15) is 30.8 Å². The first-order valence-corrected chi connectivity index (χ1v) is 11.2. The third-order valence-electron chi connectivity index (χ3n) is 6.01. The van der Waals surface area contributed by atoms with Crippen LogP contribution in [0.5, 0.6) is 0 Å². The van der Waals surface area contributed by atoms with Crippen molar-refractivity contribution in [3.05, 3.63) is 59.2 Å². The second-order valence-electron chi connectivity index (χ2n) is 8.98. The summed E-state index contributed by atoms with van der Waals surface area (Å²) in [5.41, 5.74) is 11.1. The van der Waals surface area contributed by atoms with E-state index in [2.05, 4.69) is 21.0 Å². The molecular weight excluding hydrogens is 471 g/mol. The monoisotopic (exact) mass is 498 g/mol. The van der Waals surface area contributed by atoms with E-state index in [9.17, 15) is 19.6 Å². The van der Waals surface area contributed by atoms with Gasteiger partial charge in [0.05, 0.1) is 30.4 Å². The van der Waals surface area contributed by atoms with Crippen molar-refractivity contribution in [2.24, 2.45) is 21.5 Å². The lowest BCUT2D eigenvalue weighted by molar-refractivity contribution is -0.204. The first-order chi connectivity index (χ1) is 17.1. The van der Waals surface area contributed by atoms with Gasteiger partial charge < -0.3 is 35.8 Å². The number of benzene rings is 1. The number of carbonyl (C=O) groups excluding carboxylic acids is 1. The SMILES string of the molecule is CC1(C)O[C@H]2[C@@H](O1)[C@](C#N)(c1ccc(C(N=CN)=NC(=O)[C@@H](N)Cc3ccc(F)cc3)[nH]1)O[C@@H]2CO. The minimum atomic E-state index is -1.62. The lowest BCUT2D eigenvalue weighted by atomic mass is 9.93. The van der Waals surface area contributed by atoms with Crippen LogP contribution in [0.25, 0.3) is 0 Å². The Morgan fingerprint density at radius 1 is 1.28 bits per heavy atom. The van der Waals surface area contributed by atoms with Gasteiger partial charge in [-0.2, -0.15) is 10.3 Å². The highest BCUT2D eigenvalue weighted by Gasteiger charge is 2.64. The lowest BCUT2D eigenvalue weighted by Gasteiger charge is -2.28. The Hall–Kier alpha value is -3.47. The molecule has 1 aromatic carbocycles. The van der Waals surface area contributed by atoms with Crippen molar-refractivity contribution in [3.8, 4) is 6.07 Å². The summed E-state index contributed by atoms with van der Waals surface area (Å²) in [6.45, 7) is 3.05. The molecule has 36 heavy (non-hydrogen) atoms. The molecule has 4 rings (SSSR count). The maximum Gasteiger partial charge on any atom is 0.265 e. The highest BCUT2D eigenvalue weighted by molar-refractivity contribution is 6.07. The number of amides is 1. The van der Waals surface area contributed by atoms with E-state index in [-0.39, 0.29) is 24.6 Å². The Morgan fingerprint density at radius 2 is 2.00 bits per heavy atom. The molecule has 11 nitrogen and oxygen atoms in total. The number of ether oxygens (including phenoxy) is 3. The van der Waals surface area contributed by atoms with E-state index in [1.807, 2.05) is 0 Å². The van der Waals surface area contributed by atoms with E-state index in [1.54, 1.807) is 26.0 Å². The fourth-order valence-electron chi connectivity index (χ4n) is 4.38. The van der Waals surface area contributed by atoms with E-state index in [0.29, 0.717) is 11.3 Å². The standard InChI is InChI=1S/C24H27FN6O5/c1-23(2)35-19-17(10-32)34-24(11-26,20(19)36-23)18-8-7-16(30-18)21(29-12-27)31-22(33)15(28)9-13-3-5-14(25)6-4-13/h3-8,12,15,17,19-20,30,32H,9-10,28H2,1-2H3,(H2,27,29,31,33)/t15-,17+,19+,20+,24-/m0/s1. The van der Waals surface area contributed by atoms with Crippen molar-refractivity contribution in [3.63, 3.8) is 0 Å². The van der Waals surface area contributed by atoms with E-state index in [0.717, 1.165) is 6.34 Å². The lowest BCUT2D eigenvalue weighted by Crippen LogP contribution is -2.40. The molecule has 0 saturated carbocycles. The molecule has 6 N–H and O–H groups in total. The fourth-order valence-corrected chi connectivity index (χ4v) is 4.38. The number of fused-ring (bicyclic) bond motifs is 1. The van der Waals surface area contributed by atoms with Gasteiger partial charge in [0.2, 0.25) is 5.60 Å². The second kappa shape index (κ2) is 9.88. The summed E-state index contributed by atoms with van der Waals surface area (Å²) in [6.07, 6.45) is -1.17. The van der Waals surface area contributed by atoms with Gasteiger partial charge in [-0.15, -0.1) is 0 Å². The maximum atomic E-state index is 13.1. The number of aromatic nitrogens is 1. The number of halogens is 1. The van der Waals surface area contributed by atoms with Gasteiger partial charge in [0.25, 0.3) is 5.91 Å². The summed E-state index contributed by atoms with van der Waals surface area (Å²) >= 11 is 0. The van der Waals surface area contributed by atoms with Crippen molar-refractivity contribution in [1.29, 1.82) is 5.26 Å². The van der Waals surface area contributed by atoms with Crippen LogP contribution in [-0.2, 0) is 31.0 Å². The highest BCUT2D eigenvalue weighted by Crippen LogP contribution is 2.48. The summed E-state index contributed by atoms with van der Waals surface area (Å²) in [5.74, 6) is -2.10. The molecule has 2 fully saturated rings. The first kappa shape index (κ1) is 25.6. The molecule has 0 radical (unpaired) electrons. The minimum Gasteiger partial charge on any atom is -0.394 e. The van der Waals surface area contributed by atoms with Gasteiger partial charge in [-0.3, -0.25) is 4.79 Å². The van der Waals surface area contributed by atoms with E-state index < -0.39 is 47.5 Å². The molecule has 0 aliphatic carbocycles. The van der Waals surface area contributed by atoms with Crippen LogP contribution in [0.3, 0.4) is 0 Å². The number of amidine groups is 1. The van der Waals surface area contributed by atoms with Crippen LogP contribution < -0.4 is 11.5 Å². The van der Waals surface area contributed by atoms with Crippen LogP contribution >= 0.6 is 0 Å². The van der Waals surface area contributed by atoms with Gasteiger partial charge >= 0.3 is 0 Å². The smallest absolute Gasteiger partial charge is 0.265 e. The number of nitrogens with one attached hydrogen (secondary N) is 1. The number of aliphatic imine (C=N–C) groups is 2. The summed E-state index contributed by atoms with van der Waals surface area (Å²) in [5, 5.41) is 19.9. The molecule has 0 unspecified atom stereocenters. The summed E-state index contributed by atoms with van der Waals surface area (Å²) in [4.78, 5) is 23.7. The van der Waals surface area contributed by atoms with Crippen LogP contribution in [0.4, 0.5) is 4.39 Å². The molecule has 1 aromatic heterocycles. The molecule has 190 valence electrons. The highest BCUT2D eigenvalue weighted by atomic mass is 19.1. The molecule has 2 aliphatic rings. The molecular formula is C24H27FN6O5. The van der Waals surface area contributed by atoms with Crippen LogP contribution in [0, 0.1) is 17.1 Å². The van der Waals surface area contributed by atoms with E-state index >= 15 is 0 Å². The molecule has 0 bridgehead atoms. The Kier molecular flexibility index (Phi) is 7.03. The number of aliphatic hydroxyl groups excluding tert-OH is 1. The van der Waals surface area contributed by atoms with Gasteiger partial charge in [0.15, 0.2) is 11.6 Å².